The Labute approximate surface area is 205 Å². The molecule has 1 aliphatic carbocycles. The molecule has 1 saturated carbocycles. The van der Waals surface area contributed by atoms with Crippen LogP contribution in [0.1, 0.15) is 79.8 Å². The van der Waals surface area contributed by atoms with Crippen molar-refractivity contribution >= 4 is 11.7 Å². The number of hydrogen-bond acceptors (Lipinski definition) is 6. The van der Waals surface area contributed by atoms with Crippen molar-refractivity contribution in [3.8, 4) is 11.5 Å². The summed E-state index contributed by atoms with van der Waals surface area (Å²) >= 11 is 0. The molecule has 2 aromatic heterocycles. The van der Waals surface area contributed by atoms with Gasteiger partial charge >= 0.3 is 0 Å². The Morgan fingerprint density at radius 2 is 1.89 bits per heavy atom. The lowest BCUT2D eigenvalue weighted by atomic mass is 9.87. The molecule has 1 aromatic carbocycles. The van der Waals surface area contributed by atoms with Crippen LogP contribution in [-0.2, 0) is 16.0 Å². The number of ketones is 1. The normalized spacial score (nSPS) is 20.1. The number of Topliss-reactive ketones (excluding diaryl/α,β-unsaturated/α-hetero) is 1. The Kier molecular flexibility index (Phi) is 6.07. The summed E-state index contributed by atoms with van der Waals surface area (Å²) in [5, 5.41) is 13.4. The molecule has 1 aliphatic heterocycles. The van der Waals surface area contributed by atoms with Gasteiger partial charge < -0.3 is 14.0 Å². The fourth-order valence-corrected chi connectivity index (χ4v) is 5.10. The quantitative estimate of drug-likeness (QED) is 0.503. The maximum atomic E-state index is 13.6. The molecule has 2 atom stereocenters. The van der Waals surface area contributed by atoms with Crippen molar-refractivity contribution in [3.05, 3.63) is 52.5 Å². The van der Waals surface area contributed by atoms with E-state index < -0.39 is 0 Å². The maximum Gasteiger partial charge on any atom is 0.219 e. The third-order valence-corrected chi connectivity index (χ3v) is 7.33. The van der Waals surface area contributed by atoms with E-state index in [1.165, 1.54) is 5.56 Å². The average molecular weight is 476 g/mol. The molecule has 1 amide bonds. The van der Waals surface area contributed by atoms with Gasteiger partial charge in [0.2, 0.25) is 5.91 Å². The summed E-state index contributed by atoms with van der Waals surface area (Å²) in [5.74, 6) is 2.08. The van der Waals surface area contributed by atoms with Crippen LogP contribution in [0.5, 0.6) is 0 Å². The first kappa shape index (κ1) is 23.5. The summed E-state index contributed by atoms with van der Waals surface area (Å²) in [6.07, 6.45) is 2.43. The number of amides is 1. The molecule has 0 N–H and O–H groups in total. The van der Waals surface area contributed by atoms with Gasteiger partial charge in [-0.05, 0) is 37.8 Å². The summed E-state index contributed by atoms with van der Waals surface area (Å²) in [6, 6.07) is 8.41. The van der Waals surface area contributed by atoms with Crippen LogP contribution in [0.15, 0.2) is 28.8 Å². The highest BCUT2D eigenvalue weighted by Crippen LogP contribution is 2.43. The smallest absolute Gasteiger partial charge is 0.219 e. The van der Waals surface area contributed by atoms with Crippen molar-refractivity contribution in [1.82, 2.24) is 24.8 Å². The molecular formula is C27H33N5O3. The number of carbonyl (C=O) groups is 2. The largest absolute Gasteiger partial charge is 0.360 e. The molecule has 0 radical (unpaired) electrons. The highest BCUT2D eigenvalue weighted by molar-refractivity contribution is 5.86. The van der Waals surface area contributed by atoms with E-state index in [4.69, 9.17) is 4.52 Å². The molecule has 2 aliphatic rings. The molecule has 3 heterocycles. The van der Waals surface area contributed by atoms with Gasteiger partial charge in [-0.25, -0.2) is 0 Å². The van der Waals surface area contributed by atoms with E-state index in [0.29, 0.717) is 31.0 Å². The molecule has 0 bridgehead atoms. The van der Waals surface area contributed by atoms with Gasteiger partial charge in [0, 0.05) is 56.3 Å². The molecule has 3 aromatic rings. The topological polar surface area (TPSA) is 94.1 Å². The minimum Gasteiger partial charge on any atom is -0.360 e. The average Bonchev–Trinajstić information content (AvgIpc) is 3.22. The van der Waals surface area contributed by atoms with Crippen LogP contribution in [0.3, 0.4) is 0 Å². The minimum absolute atomic E-state index is 0.0207. The Morgan fingerprint density at radius 3 is 2.51 bits per heavy atom. The van der Waals surface area contributed by atoms with Crippen LogP contribution in [0.2, 0.25) is 0 Å². The SMILES string of the molecule is CC(=O)N1C[C@H](C(=O)Cc2ccc(C)cc2C)[C@@H](c2nnc(-c3cc(C(C)C)on3)n2C2CC2)C1. The van der Waals surface area contributed by atoms with Crippen molar-refractivity contribution in [2.45, 2.75) is 71.8 Å². The Hall–Kier alpha value is -3.29. The molecule has 0 spiro atoms. The third-order valence-electron chi connectivity index (χ3n) is 7.33. The van der Waals surface area contributed by atoms with Gasteiger partial charge in [0.1, 0.15) is 17.4 Å². The first-order valence-corrected chi connectivity index (χ1v) is 12.5. The predicted molar refractivity (Wildman–Crippen MR) is 131 cm³/mol. The van der Waals surface area contributed by atoms with Gasteiger partial charge in [-0.1, -0.05) is 42.8 Å². The third kappa shape index (κ3) is 4.54. The van der Waals surface area contributed by atoms with E-state index in [2.05, 4.69) is 46.8 Å². The Balaban J connectivity index is 1.49. The van der Waals surface area contributed by atoms with Crippen molar-refractivity contribution in [2.75, 3.05) is 13.1 Å². The lowest BCUT2D eigenvalue weighted by molar-refractivity contribution is -0.128. The number of benzene rings is 1. The minimum atomic E-state index is -0.322. The van der Waals surface area contributed by atoms with Crippen molar-refractivity contribution in [2.24, 2.45) is 5.92 Å². The summed E-state index contributed by atoms with van der Waals surface area (Å²) in [7, 11) is 0. The molecule has 0 unspecified atom stereocenters. The lowest BCUT2D eigenvalue weighted by Crippen LogP contribution is -2.28. The number of aromatic nitrogens is 4. The molecule has 184 valence electrons. The fraction of sp³-hybridized carbons (Fsp3) is 0.519. The van der Waals surface area contributed by atoms with Gasteiger partial charge in [-0.2, -0.15) is 0 Å². The van der Waals surface area contributed by atoms with Crippen LogP contribution in [0.4, 0.5) is 0 Å². The van der Waals surface area contributed by atoms with Gasteiger partial charge in [-0.15, -0.1) is 10.2 Å². The first-order chi connectivity index (χ1) is 16.7. The van der Waals surface area contributed by atoms with Gasteiger partial charge in [-0.3, -0.25) is 9.59 Å². The molecule has 2 fully saturated rings. The Bertz CT molecular complexity index is 1270. The zero-order valence-corrected chi connectivity index (χ0v) is 21.1. The molecule has 35 heavy (non-hydrogen) atoms. The molecular weight excluding hydrogens is 442 g/mol. The number of rotatable bonds is 7. The Morgan fingerprint density at radius 1 is 1.11 bits per heavy atom. The summed E-state index contributed by atoms with van der Waals surface area (Å²) in [5.41, 5.74) is 4.00. The van der Waals surface area contributed by atoms with Crippen LogP contribution in [0, 0.1) is 19.8 Å². The van der Waals surface area contributed by atoms with Crippen LogP contribution < -0.4 is 0 Å². The second-order valence-corrected chi connectivity index (χ2v) is 10.5. The summed E-state index contributed by atoms with van der Waals surface area (Å²) in [4.78, 5) is 27.7. The number of nitrogens with zero attached hydrogens (tertiary/aromatic N) is 5. The zero-order chi connectivity index (χ0) is 24.9. The lowest BCUT2D eigenvalue weighted by Gasteiger charge is -2.18. The summed E-state index contributed by atoms with van der Waals surface area (Å²) in [6.45, 7) is 10.7. The molecule has 8 heteroatoms. The van der Waals surface area contributed by atoms with E-state index in [1.54, 1.807) is 11.8 Å². The van der Waals surface area contributed by atoms with Crippen LogP contribution in [0.25, 0.3) is 11.5 Å². The molecule has 8 nitrogen and oxygen atoms in total. The highest BCUT2D eigenvalue weighted by atomic mass is 16.5. The van der Waals surface area contributed by atoms with E-state index in [1.807, 2.05) is 25.1 Å². The molecule has 1 saturated heterocycles. The van der Waals surface area contributed by atoms with E-state index in [-0.39, 0.29) is 35.5 Å². The number of aryl methyl sites for hydroxylation is 2. The van der Waals surface area contributed by atoms with Gasteiger partial charge in [0.25, 0.3) is 0 Å². The van der Waals surface area contributed by atoms with E-state index in [9.17, 15) is 9.59 Å². The predicted octanol–water partition coefficient (Wildman–Crippen LogP) is 4.38. The van der Waals surface area contributed by atoms with Crippen molar-refractivity contribution in [1.29, 1.82) is 0 Å². The summed E-state index contributed by atoms with van der Waals surface area (Å²) < 4.78 is 7.67. The second-order valence-electron chi connectivity index (χ2n) is 10.5. The highest BCUT2D eigenvalue weighted by Gasteiger charge is 2.44. The maximum absolute atomic E-state index is 13.6. The fourth-order valence-electron chi connectivity index (χ4n) is 5.10. The van der Waals surface area contributed by atoms with E-state index >= 15 is 0 Å². The van der Waals surface area contributed by atoms with Gasteiger partial charge in [0.15, 0.2) is 11.5 Å². The number of carbonyl (C=O) groups excluding carboxylic acids is 2. The first-order valence-electron chi connectivity index (χ1n) is 12.5. The monoisotopic (exact) mass is 475 g/mol. The van der Waals surface area contributed by atoms with Crippen molar-refractivity contribution in [3.63, 3.8) is 0 Å². The zero-order valence-electron chi connectivity index (χ0n) is 21.1. The molecule has 5 rings (SSSR count). The standard InChI is InChI=1S/C27H33N5O3/c1-15(2)25-12-23(30-35-25)27-29-28-26(32(27)20-8-9-20)22-14-31(18(5)33)13-21(22)24(34)11-19-7-6-16(3)10-17(19)4/h6-7,10,12,15,20-22H,8-9,11,13-14H2,1-5H3/t21-,22-/m0/s1. The van der Waals surface area contributed by atoms with Crippen molar-refractivity contribution < 1.29 is 14.1 Å². The van der Waals surface area contributed by atoms with E-state index in [0.717, 1.165) is 35.6 Å². The second kappa shape index (κ2) is 9.06. The number of hydrogen-bond donors (Lipinski definition) is 0. The number of likely N-dealkylation sites (tertiary alicyclic amines) is 1. The van der Waals surface area contributed by atoms with Crippen LogP contribution >= 0.6 is 0 Å². The van der Waals surface area contributed by atoms with Gasteiger partial charge in [0.05, 0.1) is 0 Å². The van der Waals surface area contributed by atoms with Crippen LogP contribution in [-0.4, -0.2) is 49.6 Å².